The van der Waals surface area contributed by atoms with Gasteiger partial charge in [0.2, 0.25) is 10.0 Å². The van der Waals surface area contributed by atoms with Crippen molar-refractivity contribution in [2.75, 3.05) is 26.2 Å². The van der Waals surface area contributed by atoms with Crippen LogP contribution in [0.3, 0.4) is 0 Å². The van der Waals surface area contributed by atoms with E-state index in [4.69, 9.17) is 11.6 Å². The van der Waals surface area contributed by atoms with Gasteiger partial charge in [-0.3, -0.25) is 9.78 Å². The molecule has 0 aliphatic carbocycles. The van der Waals surface area contributed by atoms with Crippen LogP contribution in [0.15, 0.2) is 47.8 Å². The Morgan fingerprint density at radius 2 is 1.79 bits per heavy atom. The Labute approximate surface area is 144 Å². The molecule has 1 aliphatic heterocycles. The summed E-state index contributed by atoms with van der Waals surface area (Å²) in [4.78, 5) is 21.8. The molecule has 2 aromatic rings. The highest BCUT2D eigenvalue weighted by molar-refractivity contribution is 7.89. The summed E-state index contributed by atoms with van der Waals surface area (Å²) in [6.07, 6.45) is 4.34. The highest BCUT2D eigenvalue weighted by Gasteiger charge is 2.31. The molecule has 126 valence electrons. The van der Waals surface area contributed by atoms with Gasteiger partial charge in [0, 0.05) is 38.6 Å². The Hall–Kier alpha value is -2.03. The summed E-state index contributed by atoms with van der Waals surface area (Å²) in [7, 11) is -3.67. The van der Waals surface area contributed by atoms with Crippen LogP contribution in [0.2, 0.25) is 5.02 Å². The van der Waals surface area contributed by atoms with Crippen LogP contribution in [0.25, 0.3) is 0 Å². The Balaban J connectivity index is 1.71. The van der Waals surface area contributed by atoms with E-state index in [1.54, 1.807) is 23.1 Å². The quantitative estimate of drug-likeness (QED) is 0.817. The van der Waals surface area contributed by atoms with Crippen molar-refractivity contribution < 1.29 is 13.2 Å². The van der Waals surface area contributed by atoms with Crippen LogP contribution in [-0.2, 0) is 10.0 Å². The molecule has 0 N–H and O–H groups in total. The number of nitrogens with zero attached hydrogens (tertiary/aromatic N) is 4. The molecule has 2 heterocycles. The van der Waals surface area contributed by atoms with E-state index in [0.717, 1.165) is 0 Å². The SMILES string of the molecule is O=C(c1cnccn1)N1CCN(S(=O)(=O)c2ccccc2Cl)CC1. The Morgan fingerprint density at radius 1 is 1.08 bits per heavy atom. The number of halogens is 1. The Morgan fingerprint density at radius 3 is 2.42 bits per heavy atom. The normalized spacial score (nSPS) is 16.1. The molecular formula is C15H15ClN4O3S. The van der Waals surface area contributed by atoms with Gasteiger partial charge in [-0.05, 0) is 12.1 Å². The van der Waals surface area contributed by atoms with Crippen LogP contribution in [0.5, 0.6) is 0 Å². The molecule has 0 radical (unpaired) electrons. The minimum atomic E-state index is -3.67. The van der Waals surface area contributed by atoms with Crippen molar-refractivity contribution in [3.63, 3.8) is 0 Å². The first-order valence-corrected chi connectivity index (χ1v) is 9.12. The molecule has 0 unspecified atom stereocenters. The topological polar surface area (TPSA) is 83.5 Å². The number of sulfonamides is 1. The van der Waals surface area contributed by atoms with Crippen LogP contribution < -0.4 is 0 Å². The summed E-state index contributed by atoms with van der Waals surface area (Å²) < 4.78 is 26.7. The van der Waals surface area contributed by atoms with Gasteiger partial charge in [-0.1, -0.05) is 23.7 Å². The first kappa shape index (κ1) is 16.8. The number of hydrogen-bond acceptors (Lipinski definition) is 5. The smallest absolute Gasteiger partial charge is 0.274 e. The number of piperazine rings is 1. The predicted molar refractivity (Wildman–Crippen MR) is 88.1 cm³/mol. The van der Waals surface area contributed by atoms with E-state index in [2.05, 4.69) is 9.97 Å². The van der Waals surface area contributed by atoms with Crippen molar-refractivity contribution in [1.29, 1.82) is 0 Å². The Bertz CT molecular complexity index is 837. The van der Waals surface area contributed by atoms with Gasteiger partial charge in [0.15, 0.2) is 0 Å². The molecule has 1 saturated heterocycles. The molecule has 0 bridgehead atoms. The summed E-state index contributed by atoms with van der Waals surface area (Å²) in [5.41, 5.74) is 0.250. The third-order valence-corrected chi connectivity index (χ3v) is 6.16. The number of amides is 1. The maximum atomic E-state index is 12.7. The molecule has 1 fully saturated rings. The van der Waals surface area contributed by atoms with E-state index in [9.17, 15) is 13.2 Å². The maximum absolute atomic E-state index is 12.7. The van der Waals surface area contributed by atoms with Crippen molar-refractivity contribution in [2.24, 2.45) is 0 Å². The fraction of sp³-hybridized carbons (Fsp3) is 0.267. The lowest BCUT2D eigenvalue weighted by atomic mass is 10.3. The van der Waals surface area contributed by atoms with Crippen molar-refractivity contribution in [2.45, 2.75) is 4.90 Å². The molecule has 24 heavy (non-hydrogen) atoms. The molecule has 1 aromatic heterocycles. The molecule has 1 aliphatic rings. The number of hydrogen-bond donors (Lipinski definition) is 0. The lowest BCUT2D eigenvalue weighted by Gasteiger charge is -2.33. The summed E-state index contributed by atoms with van der Waals surface area (Å²) in [6.45, 7) is 0.997. The fourth-order valence-corrected chi connectivity index (χ4v) is 4.41. The Kier molecular flexibility index (Phi) is 4.79. The average Bonchev–Trinajstić information content (AvgIpc) is 2.62. The number of aromatic nitrogens is 2. The monoisotopic (exact) mass is 366 g/mol. The van der Waals surface area contributed by atoms with E-state index >= 15 is 0 Å². The van der Waals surface area contributed by atoms with Gasteiger partial charge in [0.05, 0.1) is 11.2 Å². The van der Waals surface area contributed by atoms with Gasteiger partial charge < -0.3 is 4.90 Å². The highest BCUT2D eigenvalue weighted by Crippen LogP contribution is 2.25. The number of carbonyl (C=O) groups excluding carboxylic acids is 1. The second kappa shape index (κ2) is 6.84. The molecule has 9 heteroatoms. The van der Waals surface area contributed by atoms with E-state index < -0.39 is 10.0 Å². The molecule has 0 spiro atoms. The molecule has 3 rings (SSSR count). The van der Waals surface area contributed by atoms with Gasteiger partial charge in [0.1, 0.15) is 10.6 Å². The molecule has 0 saturated carbocycles. The van der Waals surface area contributed by atoms with Crippen LogP contribution in [-0.4, -0.2) is 59.7 Å². The lowest BCUT2D eigenvalue weighted by molar-refractivity contribution is 0.0691. The second-order valence-corrected chi connectivity index (χ2v) is 7.53. The fourth-order valence-electron chi connectivity index (χ4n) is 2.50. The molecule has 1 amide bonds. The molecule has 7 nitrogen and oxygen atoms in total. The van der Waals surface area contributed by atoms with E-state index in [1.807, 2.05) is 0 Å². The predicted octanol–water partition coefficient (Wildman–Crippen LogP) is 1.28. The van der Waals surface area contributed by atoms with Crippen molar-refractivity contribution in [3.8, 4) is 0 Å². The van der Waals surface area contributed by atoms with Crippen molar-refractivity contribution in [3.05, 3.63) is 53.6 Å². The summed E-state index contributed by atoms with van der Waals surface area (Å²) in [5, 5.41) is 0.190. The number of carbonyl (C=O) groups is 1. The minimum absolute atomic E-state index is 0.0837. The van der Waals surface area contributed by atoms with E-state index in [1.165, 1.54) is 29.0 Å². The average molecular weight is 367 g/mol. The van der Waals surface area contributed by atoms with Gasteiger partial charge in [-0.2, -0.15) is 4.31 Å². The number of rotatable bonds is 3. The summed E-state index contributed by atoms with van der Waals surface area (Å²) in [5.74, 6) is -0.252. The van der Waals surface area contributed by atoms with Crippen LogP contribution >= 0.6 is 11.6 Å². The third-order valence-electron chi connectivity index (χ3n) is 3.76. The zero-order valence-corrected chi connectivity index (χ0v) is 14.2. The molecule has 1 aromatic carbocycles. The van der Waals surface area contributed by atoms with E-state index in [0.29, 0.717) is 13.1 Å². The van der Waals surface area contributed by atoms with Gasteiger partial charge in [0.25, 0.3) is 5.91 Å². The van der Waals surface area contributed by atoms with Crippen LogP contribution in [0.4, 0.5) is 0 Å². The number of benzene rings is 1. The van der Waals surface area contributed by atoms with Crippen molar-refractivity contribution >= 4 is 27.5 Å². The summed E-state index contributed by atoms with van der Waals surface area (Å²) >= 11 is 6.00. The van der Waals surface area contributed by atoms with Crippen molar-refractivity contribution in [1.82, 2.24) is 19.2 Å². The molecule has 0 atom stereocenters. The zero-order valence-electron chi connectivity index (χ0n) is 12.7. The largest absolute Gasteiger partial charge is 0.335 e. The van der Waals surface area contributed by atoms with Crippen LogP contribution in [0.1, 0.15) is 10.5 Å². The van der Waals surface area contributed by atoms with Gasteiger partial charge >= 0.3 is 0 Å². The standard InChI is InChI=1S/C15H15ClN4O3S/c16-12-3-1-2-4-14(12)24(22,23)20-9-7-19(8-10-20)15(21)13-11-17-5-6-18-13/h1-6,11H,7-10H2. The minimum Gasteiger partial charge on any atom is -0.335 e. The van der Waals surface area contributed by atoms with E-state index in [-0.39, 0.29) is 34.6 Å². The first-order valence-electron chi connectivity index (χ1n) is 7.30. The third kappa shape index (κ3) is 3.26. The molecular weight excluding hydrogens is 352 g/mol. The lowest BCUT2D eigenvalue weighted by Crippen LogP contribution is -2.50. The second-order valence-electron chi connectivity index (χ2n) is 5.22. The highest BCUT2D eigenvalue weighted by atomic mass is 35.5. The zero-order chi connectivity index (χ0) is 17.2. The maximum Gasteiger partial charge on any atom is 0.274 e. The van der Waals surface area contributed by atoms with Gasteiger partial charge in [-0.15, -0.1) is 0 Å². The summed E-state index contributed by atoms with van der Waals surface area (Å²) in [6, 6.07) is 6.34. The van der Waals surface area contributed by atoms with Gasteiger partial charge in [-0.25, -0.2) is 13.4 Å². The van der Waals surface area contributed by atoms with Crippen LogP contribution in [0, 0.1) is 0 Å². The first-order chi connectivity index (χ1) is 11.5.